The normalized spacial score (nSPS) is 11.3. The molecule has 2 rings (SSSR count). The molecule has 2 aromatic carbocycles. The summed E-state index contributed by atoms with van der Waals surface area (Å²) < 4.78 is 33.3. The van der Waals surface area contributed by atoms with E-state index in [0.717, 1.165) is 5.56 Å². The van der Waals surface area contributed by atoms with Crippen LogP contribution in [0.5, 0.6) is 5.75 Å². The van der Waals surface area contributed by atoms with Gasteiger partial charge in [-0.05, 0) is 42.3 Å². The number of carboxylic acids is 1. The number of nitrogens with one attached hydrogen (secondary N) is 1. The molecule has 24 heavy (non-hydrogen) atoms. The summed E-state index contributed by atoms with van der Waals surface area (Å²) in [6.45, 7) is 1.80. The standard InChI is InChI=1S/C16H16BrNO5S/c1-10-6-14(23-2)15(8-13(10)17)24(21,22)18-9-11-4-3-5-12(7-11)16(19)20/h3-8,18H,9H2,1-2H3,(H,19,20). The molecule has 0 aromatic heterocycles. The molecule has 0 aliphatic rings. The zero-order valence-corrected chi connectivity index (χ0v) is 15.4. The zero-order valence-electron chi connectivity index (χ0n) is 13.0. The summed E-state index contributed by atoms with van der Waals surface area (Å²) in [5.41, 5.74) is 1.49. The second kappa shape index (κ2) is 7.33. The molecule has 2 aromatic rings. The van der Waals surface area contributed by atoms with Crippen LogP contribution in [0.3, 0.4) is 0 Å². The summed E-state index contributed by atoms with van der Waals surface area (Å²) in [6.07, 6.45) is 0. The van der Waals surface area contributed by atoms with E-state index < -0.39 is 16.0 Å². The fraction of sp³-hybridized carbons (Fsp3) is 0.188. The van der Waals surface area contributed by atoms with E-state index in [0.29, 0.717) is 10.0 Å². The van der Waals surface area contributed by atoms with Crippen LogP contribution >= 0.6 is 15.9 Å². The van der Waals surface area contributed by atoms with Gasteiger partial charge in [0.1, 0.15) is 10.6 Å². The van der Waals surface area contributed by atoms with Gasteiger partial charge in [0.2, 0.25) is 10.0 Å². The van der Waals surface area contributed by atoms with Gasteiger partial charge in [-0.1, -0.05) is 28.1 Å². The number of hydrogen-bond donors (Lipinski definition) is 2. The smallest absolute Gasteiger partial charge is 0.335 e. The quantitative estimate of drug-likeness (QED) is 0.759. The number of hydrogen-bond acceptors (Lipinski definition) is 4. The summed E-state index contributed by atoms with van der Waals surface area (Å²) >= 11 is 3.31. The molecule has 0 bridgehead atoms. The Balaban J connectivity index is 2.28. The molecular weight excluding hydrogens is 398 g/mol. The Bertz CT molecular complexity index is 880. The summed E-state index contributed by atoms with van der Waals surface area (Å²) in [4.78, 5) is 11.0. The van der Waals surface area contributed by atoms with E-state index >= 15 is 0 Å². The molecule has 0 unspecified atom stereocenters. The van der Waals surface area contributed by atoms with Crippen LogP contribution < -0.4 is 9.46 Å². The lowest BCUT2D eigenvalue weighted by Gasteiger charge is -2.13. The molecular formula is C16H16BrNO5S. The van der Waals surface area contributed by atoms with Gasteiger partial charge in [-0.15, -0.1) is 0 Å². The molecule has 2 N–H and O–H groups in total. The Kier molecular flexibility index (Phi) is 5.63. The lowest BCUT2D eigenvalue weighted by atomic mass is 10.1. The number of ether oxygens (including phenoxy) is 1. The van der Waals surface area contributed by atoms with Crippen LogP contribution in [-0.2, 0) is 16.6 Å². The molecule has 0 radical (unpaired) electrons. The van der Waals surface area contributed by atoms with Crippen molar-refractivity contribution in [2.45, 2.75) is 18.4 Å². The number of aromatic carboxylic acids is 1. The van der Waals surface area contributed by atoms with Crippen molar-refractivity contribution in [2.75, 3.05) is 7.11 Å². The number of carbonyl (C=O) groups is 1. The molecule has 0 atom stereocenters. The number of sulfonamides is 1. The highest BCUT2D eigenvalue weighted by Gasteiger charge is 2.21. The van der Waals surface area contributed by atoms with Crippen molar-refractivity contribution in [3.63, 3.8) is 0 Å². The molecule has 0 fully saturated rings. The van der Waals surface area contributed by atoms with Gasteiger partial charge in [-0.2, -0.15) is 0 Å². The van der Waals surface area contributed by atoms with E-state index in [1.165, 1.54) is 25.3 Å². The van der Waals surface area contributed by atoms with Crippen molar-refractivity contribution in [3.05, 3.63) is 57.6 Å². The van der Waals surface area contributed by atoms with Gasteiger partial charge in [0, 0.05) is 11.0 Å². The SMILES string of the molecule is COc1cc(C)c(Br)cc1S(=O)(=O)NCc1cccc(C(=O)O)c1. The molecule has 0 saturated heterocycles. The van der Waals surface area contributed by atoms with Gasteiger partial charge < -0.3 is 9.84 Å². The zero-order chi connectivity index (χ0) is 17.9. The maximum absolute atomic E-state index is 12.5. The van der Waals surface area contributed by atoms with Gasteiger partial charge >= 0.3 is 5.97 Å². The molecule has 0 amide bonds. The largest absolute Gasteiger partial charge is 0.495 e. The van der Waals surface area contributed by atoms with Gasteiger partial charge in [0.05, 0.1) is 12.7 Å². The van der Waals surface area contributed by atoms with E-state index in [4.69, 9.17) is 9.84 Å². The first-order valence-corrected chi connectivity index (χ1v) is 9.18. The Morgan fingerprint density at radius 2 is 2.00 bits per heavy atom. The molecule has 128 valence electrons. The van der Waals surface area contributed by atoms with Crippen molar-refractivity contribution in [1.82, 2.24) is 4.72 Å². The second-order valence-electron chi connectivity index (χ2n) is 5.08. The van der Waals surface area contributed by atoms with E-state index in [1.807, 2.05) is 6.92 Å². The van der Waals surface area contributed by atoms with Gasteiger partial charge in [0.15, 0.2) is 0 Å². The highest BCUT2D eigenvalue weighted by atomic mass is 79.9. The van der Waals surface area contributed by atoms with E-state index in [2.05, 4.69) is 20.7 Å². The van der Waals surface area contributed by atoms with Crippen LogP contribution in [0, 0.1) is 6.92 Å². The number of methoxy groups -OCH3 is 1. The van der Waals surface area contributed by atoms with Crippen molar-refractivity contribution in [3.8, 4) is 5.75 Å². The number of aryl methyl sites for hydroxylation is 1. The first-order valence-electron chi connectivity index (χ1n) is 6.90. The maximum atomic E-state index is 12.5. The van der Waals surface area contributed by atoms with Crippen LogP contribution in [0.4, 0.5) is 0 Å². The third-order valence-electron chi connectivity index (χ3n) is 3.37. The lowest BCUT2D eigenvalue weighted by molar-refractivity contribution is 0.0696. The molecule has 0 heterocycles. The topological polar surface area (TPSA) is 92.7 Å². The molecule has 0 aliphatic carbocycles. The number of benzene rings is 2. The van der Waals surface area contributed by atoms with Crippen LogP contribution in [-0.4, -0.2) is 26.6 Å². The molecule has 8 heteroatoms. The van der Waals surface area contributed by atoms with Crippen LogP contribution in [0.25, 0.3) is 0 Å². The summed E-state index contributed by atoms with van der Waals surface area (Å²) in [7, 11) is -2.43. The summed E-state index contributed by atoms with van der Waals surface area (Å²) in [6, 6.07) is 9.19. The Labute approximate surface area is 148 Å². The minimum Gasteiger partial charge on any atom is -0.495 e. The predicted molar refractivity (Wildman–Crippen MR) is 92.9 cm³/mol. The average Bonchev–Trinajstić information content (AvgIpc) is 2.55. The van der Waals surface area contributed by atoms with E-state index in [9.17, 15) is 13.2 Å². The molecule has 0 aliphatic heterocycles. The molecule has 0 spiro atoms. The van der Waals surface area contributed by atoms with Crippen LogP contribution in [0.2, 0.25) is 0 Å². The highest BCUT2D eigenvalue weighted by Crippen LogP contribution is 2.30. The fourth-order valence-electron chi connectivity index (χ4n) is 2.08. The number of halogens is 1. The first kappa shape index (κ1) is 18.4. The monoisotopic (exact) mass is 413 g/mol. The van der Waals surface area contributed by atoms with Gasteiger partial charge in [-0.3, -0.25) is 0 Å². The molecule has 6 nitrogen and oxygen atoms in total. The lowest BCUT2D eigenvalue weighted by Crippen LogP contribution is -2.24. The van der Waals surface area contributed by atoms with Crippen molar-refractivity contribution in [2.24, 2.45) is 0 Å². The fourth-order valence-corrected chi connectivity index (χ4v) is 3.76. The highest BCUT2D eigenvalue weighted by molar-refractivity contribution is 9.10. The van der Waals surface area contributed by atoms with E-state index in [1.54, 1.807) is 18.2 Å². The second-order valence-corrected chi connectivity index (χ2v) is 7.67. The Hall–Kier alpha value is -1.90. The number of rotatable bonds is 6. The minimum absolute atomic E-state index is 0.0110. The third-order valence-corrected chi connectivity index (χ3v) is 5.65. The van der Waals surface area contributed by atoms with Gasteiger partial charge in [0.25, 0.3) is 0 Å². The van der Waals surface area contributed by atoms with Crippen molar-refractivity contribution < 1.29 is 23.1 Å². The predicted octanol–water partition coefficient (Wildman–Crippen LogP) is 2.94. The molecule has 0 saturated carbocycles. The minimum atomic E-state index is -3.83. The third kappa shape index (κ3) is 4.14. The Morgan fingerprint density at radius 3 is 2.62 bits per heavy atom. The van der Waals surface area contributed by atoms with Crippen LogP contribution in [0.1, 0.15) is 21.5 Å². The first-order chi connectivity index (χ1) is 11.2. The van der Waals surface area contributed by atoms with Crippen molar-refractivity contribution in [1.29, 1.82) is 0 Å². The Morgan fingerprint density at radius 1 is 1.29 bits per heavy atom. The van der Waals surface area contributed by atoms with Crippen LogP contribution in [0.15, 0.2) is 45.8 Å². The van der Waals surface area contributed by atoms with E-state index in [-0.39, 0.29) is 22.8 Å². The number of carboxylic acid groups (broad SMARTS) is 1. The average molecular weight is 414 g/mol. The maximum Gasteiger partial charge on any atom is 0.335 e. The summed E-state index contributed by atoms with van der Waals surface area (Å²) in [5.74, 6) is -0.827. The van der Waals surface area contributed by atoms with Crippen molar-refractivity contribution >= 4 is 31.9 Å². The van der Waals surface area contributed by atoms with Gasteiger partial charge in [-0.25, -0.2) is 17.9 Å². The summed E-state index contributed by atoms with van der Waals surface area (Å²) in [5, 5.41) is 8.98.